The zero-order chi connectivity index (χ0) is 17.6. The molecule has 0 aliphatic carbocycles. The first-order chi connectivity index (χ1) is 10.6. The number of benzene rings is 1. The predicted molar refractivity (Wildman–Crippen MR) is 86.6 cm³/mol. The maximum Gasteiger partial charge on any atom is 0.407 e. The van der Waals surface area contributed by atoms with Crippen molar-refractivity contribution in [3.05, 3.63) is 29.3 Å². The van der Waals surface area contributed by atoms with Crippen molar-refractivity contribution >= 4 is 11.8 Å². The number of rotatable bonds is 6. The number of aliphatic hydroxyl groups is 3. The Hall–Kier alpha value is -1.83. The summed E-state index contributed by atoms with van der Waals surface area (Å²) in [6, 6.07) is 4.70. The Kier molecular flexibility index (Phi) is 6.80. The Bertz CT molecular complexity index is 528. The molecule has 23 heavy (non-hydrogen) atoms. The van der Waals surface area contributed by atoms with Gasteiger partial charge in [0.1, 0.15) is 11.7 Å². The Morgan fingerprint density at radius 2 is 2.00 bits per heavy atom. The first-order valence-corrected chi connectivity index (χ1v) is 7.46. The van der Waals surface area contributed by atoms with Gasteiger partial charge >= 0.3 is 6.09 Å². The minimum absolute atomic E-state index is 0.152. The van der Waals surface area contributed by atoms with Gasteiger partial charge in [0.2, 0.25) is 0 Å². The first kappa shape index (κ1) is 19.2. The molecule has 1 aromatic rings. The van der Waals surface area contributed by atoms with E-state index >= 15 is 0 Å². The molecule has 6 N–H and O–H groups in total. The molecule has 0 aromatic heterocycles. The van der Waals surface area contributed by atoms with Crippen LogP contribution in [0.25, 0.3) is 0 Å². The van der Waals surface area contributed by atoms with Crippen molar-refractivity contribution in [3.8, 4) is 0 Å². The van der Waals surface area contributed by atoms with E-state index in [0.29, 0.717) is 16.8 Å². The molecule has 0 spiro atoms. The lowest BCUT2D eigenvalue weighted by atomic mass is 9.99. The number of carbonyl (C=O) groups is 1. The predicted octanol–water partition coefficient (Wildman–Crippen LogP) is 1.07. The third kappa shape index (κ3) is 6.43. The van der Waals surface area contributed by atoms with E-state index in [-0.39, 0.29) is 19.6 Å². The lowest BCUT2D eigenvalue weighted by molar-refractivity contribution is 0.0122. The number of aliphatic hydroxyl groups excluding tert-OH is 3. The highest BCUT2D eigenvalue weighted by molar-refractivity contribution is 5.67. The van der Waals surface area contributed by atoms with Crippen LogP contribution in [0.5, 0.6) is 0 Å². The van der Waals surface area contributed by atoms with Crippen molar-refractivity contribution in [2.45, 2.75) is 51.6 Å². The fourth-order valence-corrected chi connectivity index (χ4v) is 1.96. The molecular formula is C16H26N2O5. The number of hydrogen-bond donors (Lipinski definition) is 5. The molecule has 0 aliphatic rings. The number of ether oxygens (including phenoxy) is 1. The number of carbonyl (C=O) groups excluding carboxylic acids is 1. The van der Waals surface area contributed by atoms with Gasteiger partial charge in [-0.25, -0.2) is 4.79 Å². The number of amides is 1. The largest absolute Gasteiger partial charge is 0.444 e. The molecule has 0 bridgehead atoms. The monoisotopic (exact) mass is 326 g/mol. The maximum atomic E-state index is 11.5. The minimum Gasteiger partial charge on any atom is -0.444 e. The summed E-state index contributed by atoms with van der Waals surface area (Å²) >= 11 is 0. The summed E-state index contributed by atoms with van der Waals surface area (Å²) < 4.78 is 5.07. The molecule has 0 saturated heterocycles. The van der Waals surface area contributed by atoms with Crippen LogP contribution < -0.4 is 11.1 Å². The SMILES string of the molecule is CC(C)(C)OC(=O)NCCC(O)C(O)c1ccc(N)c(CO)c1. The zero-order valence-corrected chi connectivity index (χ0v) is 13.7. The third-order valence-corrected chi connectivity index (χ3v) is 3.15. The second-order valence-electron chi connectivity index (χ2n) is 6.35. The standard InChI is InChI=1S/C16H26N2O5/c1-16(2,3)23-15(22)18-7-6-13(20)14(21)10-4-5-12(17)11(8-10)9-19/h4-5,8,13-14,19-21H,6-7,9,17H2,1-3H3,(H,18,22). The minimum atomic E-state index is -1.14. The zero-order valence-electron chi connectivity index (χ0n) is 13.7. The van der Waals surface area contributed by atoms with E-state index in [4.69, 9.17) is 10.5 Å². The van der Waals surface area contributed by atoms with E-state index in [1.165, 1.54) is 0 Å². The summed E-state index contributed by atoms with van der Waals surface area (Å²) in [6.45, 7) is 5.18. The van der Waals surface area contributed by atoms with Crippen molar-refractivity contribution in [1.82, 2.24) is 5.32 Å². The average molecular weight is 326 g/mol. The van der Waals surface area contributed by atoms with Crippen LogP contribution >= 0.6 is 0 Å². The van der Waals surface area contributed by atoms with E-state index in [9.17, 15) is 20.1 Å². The molecule has 1 amide bonds. The summed E-state index contributed by atoms with van der Waals surface area (Å²) in [5.74, 6) is 0. The second-order valence-corrected chi connectivity index (χ2v) is 6.35. The van der Waals surface area contributed by atoms with Gasteiger partial charge < -0.3 is 31.1 Å². The molecule has 1 rings (SSSR count). The van der Waals surface area contributed by atoms with Crippen LogP contribution in [0.2, 0.25) is 0 Å². The smallest absolute Gasteiger partial charge is 0.407 e. The quantitative estimate of drug-likeness (QED) is 0.498. The molecule has 0 saturated carbocycles. The highest BCUT2D eigenvalue weighted by Gasteiger charge is 2.20. The summed E-state index contributed by atoms with van der Waals surface area (Å²) in [7, 11) is 0. The molecule has 0 aliphatic heterocycles. The van der Waals surface area contributed by atoms with E-state index in [0.717, 1.165) is 0 Å². The number of nitrogens with two attached hydrogens (primary N) is 1. The highest BCUT2D eigenvalue weighted by Crippen LogP contribution is 2.23. The second kappa shape index (κ2) is 8.14. The molecule has 2 atom stereocenters. The molecule has 7 nitrogen and oxygen atoms in total. The molecule has 0 heterocycles. The van der Waals surface area contributed by atoms with Gasteiger partial charge in [-0.1, -0.05) is 6.07 Å². The van der Waals surface area contributed by atoms with Gasteiger partial charge in [-0.2, -0.15) is 0 Å². The number of anilines is 1. The van der Waals surface area contributed by atoms with Gasteiger partial charge in [0.25, 0.3) is 0 Å². The molecule has 7 heteroatoms. The third-order valence-electron chi connectivity index (χ3n) is 3.15. The number of nitrogen functional groups attached to an aromatic ring is 1. The van der Waals surface area contributed by atoms with Crippen molar-refractivity contribution in [2.24, 2.45) is 0 Å². The molecular weight excluding hydrogens is 300 g/mol. The molecule has 2 unspecified atom stereocenters. The van der Waals surface area contributed by atoms with Crippen LogP contribution in [0, 0.1) is 0 Å². The van der Waals surface area contributed by atoms with E-state index < -0.39 is 23.9 Å². The maximum absolute atomic E-state index is 11.5. The van der Waals surface area contributed by atoms with Gasteiger partial charge in [-0.3, -0.25) is 0 Å². The van der Waals surface area contributed by atoms with Crippen LogP contribution in [0.15, 0.2) is 18.2 Å². The fourth-order valence-electron chi connectivity index (χ4n) is 1.96. The molecule has 1 aromatic carbocycles. The van der Waals surface area contributed by atoms with Crippen molar-refractivity contribution in [1.29, 1.82) is 0 Å². The van der Waals surface area contributed by atoms with Crippen molar-refractivity contribution in [3.63, 3.8) is 0 Å². The van der Waals surface area contributed by atoms with Crippen LogP contribution in [0.4, 0.5) is 10.5 Å². The normalized spacial score (nSPS) is 14.2. The van der Waals surface area contributed by atoms with E-state index in [1.807, 2.05) is 0 Å². The topological polar surface area (TPSA) is 125 Å². The summed E-state index contributed by atoms with van der Waals surface area (Å²) in [5, 5.41) is 31.8. The molecule has 0 radical (unpaired) electrons. The van der Waals surface area contributed by atoms with Crippen molar-refractivity contribution in [2.75, 3.05) is 12.3 Å². The van der Waals surface area contributed by atoms with Gasteiger partial charge in [0.05, 0.1) is 12.7 Å². The van der Waals surface area contributed by atoms with Crippen LogP contribution in [0.3, 0.4) is 0 Å². The van der Waals surface area contributed by atoms with E-state index in [2.05, 4.69) is 5.32 Å². The first-order valence-electron chi connectivity index (χ1n) is 7.46. The summed E-state index contributed by atoms with van der Waals surface area (Å²) in [5.41, 5.74) is 6.44. The lowest BCUT2D eigenvalue weighted by Gasteiger charge is -2.21. The Balaban J connectivity index is 2.51. The number of alkyl carbamates (subject to hydrolysis) is 1. The number of nitrogens with one attached hydrogen (secondary N) is 1. The average Bonchev–Trinajstić information content (AvgIpc) is 2.45. The highest BCUT2D eigenvalue weighted by atomic mass is 16.6. The van der Waals surface area contributed by atoms with Gasteiger partial charge in [-0.05, 0) is 44.9 Å². The molecule has 130 valence electrons. The van der Waals surface area contributed by atoms with Gasteiger partial charge in [-0.15, -0.1) is 0 Å². The number of hydrogen-bond acceptors (Lipinski definition) is 6. The Morgan fingerprint density at radius 1 is 1.35 bits per heavy atom. The van der Waals surface area contributed by atoms with Crippen LogP contribution in [-0.2, 0) is 11.3 Å². The fraction of sp³-hybridized carbons (Fsp3) is 0.562. The summed E-state index contributed by atoms with van der Waals surface area (Å²) in [6.07, 6.45) is -2.63. The van der Waals surface area contributed by atoms with E-state index in [1.54, 1.807) is 39.0 Å². The Labute approximate surface area is 136 Å². The van der Waals surface area contributed by atoms with Gasteiger partial charge in [0.15, 0.2) is 0 Å². The Morgan fingerprint density at radius 3 is 2.57 bits per heavy atom. The van der Waals surface area contributed by atoms with Crippen LogP contribution in [-0.4, -0.2) is 39.7 Å². The van der Waals surface area contributed by atoms with Crippen molar-refractivity contribution < 1.29 is 24.9 Å². The summed E-state index contributed by atoms with van der Waals surface area (Å²) in [4.78, 5) is 11.5. The van der Waals surface area contributed by atoms with Gasteiger partial charge in [0, 0.05) is 17.8 Å². The lowest BCUT2D eigenvalue weighted by Crippen LogP contribution is -2.34. The van der Waals surface area contributed by atoms with Crippen LogP contribution in [0.1, 0.15) is 44.4 Å². The molecule has 0 fully saturated rings.